The van der Waals surface area contributed by atoms with E-state index in [1.807, 2.05) is 6.07 Å². The van der Waals surface area contributed by atoms with Gasteiger partial charge in [-0.05, 0) is 43.3 Å². The average molecular weight is 360 g/mol. The van der Waals surface area contributed by atoms with Crippen molar-refractivity contribution < 1.29 is 13.6 Å². The van der Waals surface area contributed by atoms with Crippen molar-refractivity contribution in [2.24, 2.45) is 0 Å². The van der Waals surface area contributed by atoms with E-state index in [-0.39, 0.29) is 17.3 Å². The number of benzene rings is 2. The molecule has 0 amide bonds. The quantitative estimate of drug-likeness (QED) is 0.515. The fraction of sp³-hybridized carbons (Fsp3) is 0.100. The highest BCUT2D eigenvalue weighted by molar-refractivity contribution is 6.03. The third-order valence-corrected chi connectivity index (χ3v) is 4.30. The number of halogens is 1. The van der Waals surface area contributed by atoms with Gasteiger partial charge in [-0.1, -0.05) is 12.1 Å². The molecule has 0 radical (unpaired) electrons. The van der Waals surface area contributed by atoms with Crippen molar-refractivity contribution in [2.75, 3.05) is 0 Å². The number of Topliss-reactive ketones (excluding diaryl/α,β-unsaturated/α-hetero) is 1. The van der Waals surface area contributed by atoms with E-state index in [0.717, 1.165) is 0 Å². The van der Waals surface area contributed by atoms with Crippen LogP contribution in [0.4, 0.5) is 4.39 Å². The molecule has 0 aliphatic heterocycles. The predicted octanol–water partition coefficient (Wildman–Crippen LogP) is 3.95. The van der Waals surface area contributed by atoms with Crippen molar-refractivity contribution in [3.8, 4) is 11.8 Å². The van der Waals surface area contributed by atoms with Gasteiger partial charge in [0.05, 0.1) is 29.2 Å². The highest BCUT2D eigenvalue weighted by Crippen LogP contribution is 2.26. The first-order valence-electron chi connectivity index (χ1n) is 8.18. The maximum absolute atomic E-state index is 13.1. The van der Waals surface area contributed by atoms with Crippen LogP contribution in [0.3, 0.4) is 0 Å². The van der Waals surface area contributed by atoms with Crippen molar-refractivity contribution in [1.82, 2.24) is 14.8 Å². The molecule has 132 valence electrons. The van der Waals surface area contributed by atoms with Gasteiger partial charge in [0.1, 0.15) is 11.3 Å². The Balaban J connectivity index is 1.71. The number of fused-ring (bicyclic) bond motifs is 1. The van der Waals surface area contributed by atoms with E-state index in [1.165, 1.54) is 23.0 Å². The van der Waals surface area contributed by atoms with Crippen molar-refractivity contribution >= 4 is 16.9 Å². The topological polar surface area (TPSA) is 84.7 Å². The molecule has 0 spiro atoms. The Morgan fingerprint density at radius 3 is 2.67 bits per heavy atom. The molecule has 2 aromatic heterocycles. The van der Waals surface area contributed by atoms with Crippen LogP contribution in [0.1, 0.15) is 27.9 Å². The summed E-state index contributed by atoms with van der Waals surface area (Å²) in [5, 5.41) is 13.7. The number of nitrogens with zero attached hydrogens (tertiary/aromatic N) is 4. The van der Waals surface area contributed by atoms with E-state index >= 15 is 0 Å². The number of hydrogen-bond donors (Lipinski definition) is 0. The minimum Gasteiger partial charge on any atom is -0.439 e. The molecule has 6 nitrogen and oxygen atoms in total. The van der Waals surface area contributed by atoms with Crippen LogP contribution in [0.2, 0.25) is 0 Å². The number of aromatic nitrogens is 3. The summed E-state index contributed by atoms with van der Waals surface area (Å²) in [5.74, 6) is -1.94. The summed E-state index contributed by atoms with van der Waals surface area (Å²) in [6, 6.07) is 14.8. The maximum atomic E-state index is 13.1. The van der Waals surface area contributed by atoms with Crippen LogP contribution in [-0.4, -0.2) is 20.5 Å². The maximum Gasteiger partial charge on any atom is 0.220 e. The van der Waals surface area contributed by atoms with E-state index in [2.05, 4.69) is 10.1 Å². The van der Waals surface area contributed by atoms with Crippen LogP contribution in [0.25, 0.3) is 16.8 Å². The van der Waals surface area contributed by atoms with Crippen molar-refractivity contribution in [1.29, 1.82) is 5.26 Å². The molecule has 4 aromatic rings. The molecular formula is C20H13FN4O2. The molecule has 4 rings (SSSR count). The number of ketones is 1. The minimum atomic E-state index is -1.18. The third kappa shape index (κ3) is 2.87. The van der Waals surface area contributed by atoms with Crippen molar-refractivity contribution in [2.45, 2.75) is 12.8 Å². The smallest absolute Gasteiger partial charge is 0.220 e. The molecule has 7 heteroatoms. The van der Waals surface area contributed by atoms with Gasteiger partial charge in [0.15, 0.2) is 17.3 Å². The molecule has 0 N–H and O–H groups in total. The number of carbonyl (C=O) groups is 1. The van der Waals surface area contributed by atoms with Crippen LogP contribution in [0.15, 0.2) is 59.1 Å². The normalized spacial score (nSPS) is 12.0. The van der Waals surface area contributed by atoms with Gasteiger partial charge in [0.25, 0.3) is 0 Å². The summed E-state index contributed by atoms with van der Waals surface area (Å²) in [7, 11) is 0. The Kier molecular flexibility index (Phi) is 4.01. The Morgan fingerprint density at radius 2 is 1.96 bits per heavy atom. The van der Waals surface area contributed by atoms with Gasteiger partial charge in [-0.2, -0.15) is 10.4 Å². The van der Waals surface area contributed by atoms with E-state index in [0.29, 0.717) is 22.5 Å². The Bertz CT molecular complexity index is 1150. The van der Waals surface area contributed by atoms with Crippen LogP contribution in [-0.2, 0) is 0 Å². The van der Waals surface area contributed by atoms with E-state index < -0.39 is 11.7 Å². The molecule has 0 saturated heterocycles. The van der Waals surface area contributed by atoms with Crippen molar-refractivity contribution in [3.05, 3.63) is 77.7 Å². The lowest BCUT2D eigenvalue weighted by Crippen LogP contribution is -2.13. The second kappa shape index (κ2) is 6.50. The Hall–Kier alpha value is -3.79. The van der Waals surface area contributed by atoms with Crippen LogP contribution >= 0.6 is 0 Å². The fourth-order valence-corrected chi connectivity index (χ4v) is 2.89. The monoisotopic (exact) mass is 360 g/mol. The van der Waals surface area contributed by atoms with Gasteiger partial charge in [-0.15, -0.1) is 0 Å². The Labute approximate surface area is 153 Å². The standard InChI is InChI=1S/C20H13FN4O2/c1-12-16(11-23-25(12)14-8-6-13(21)7-9-14)19(26)15(10-22)20-24-17-4-2-3-5-18(17)27-20/h2-9,11,15H,1H3/t15-/m0/s1. The lowest BCUT2D eigenvalue weighted by Gasteiger charge is -2.06. The summed E-state index contributed by atoms with van der Waals surface area (Å²) in [6.07, 6.45) is 1.40. The number of oxazole rings is 1. The van der Waals surface area contributed by atoms with Gasteiger partial charge in [0.2, 0.25) is 5.89 Å². The lowest BCUT2D eigenvalue weighted by atomic mass is 9.99. The number of para-hydroxylation sites is 2. The molecule has 0 aliphatic rings. The van der Waals surface area contributed by atoms with E-state index in [4.69, 9.17) is 4.42 Å². The van der Waals surface area contributed by atoms with E-state index in [1.54, 1.807) is 43.3 Å². The number of nitriles is 1. The molecule has 0 aliphatic carbocycles. The predicted molar refractivity (Wildman–Crippen MR) is 95.0 cm³/mol. The van der Waals surface area contributed by atoms with Gasteiger partial charge in [-0.25, -0.2) is 14.1 Å². The lowest BCUT2D eigenvalue weighted by molar-refractivity contribution is 0.0969. The molecule has 0 fully saturated rings. The third-order valence-electron chi connectivity index (χ3n) is 4.30. The minimum absolute atomic E-state index is 0.0534. The first-order valence-corrected chi connectivity index (χ1v) is 8.18. The number of rotatable bonds is 4. The zero-order valence-corrected chi connectivity index (χ0v) is 14.3. The summed E-state index contributed by atoms with van der Waals surface area (Å²) in [4.78, 5) is 17.2. The summed E-state index contributed by atoms with van der Waals surface area (Å²) in [6.45, 7) is 1.71. The van der Waals surface area contributed by atoms with Crippen LogP contribution in [0.5, 0.6) is 0 Å². The summed E-state index contributed by atoms with van der Waals surface area (Å²) >= 11 is 0. The zero-order valence-electron chi connectivity index (χ0n) is 14.3. The zero-order chi connectivity index (χ0) is 19.0. The summed E-state index contributed by atoms with van der Waals surface area (Å²) < 4.78 is 20.2. The van der Waals surface area contributed by atoms with Crippen molar-refractivity contribution in [3.63, 3.8) is 0 Å². The van der Waals surface area contributed by atoms with Crippen LogP contribution in [0, 0.1) is 24.1 Å². The summed E-state index contributed by atoms with van der Waals surface area (Å²) in [5.41, 5.74) is 2.54. The molecule has 0 bridgehead atoms. The molecular weight excluding hydrogens is 347 g/mol. The van der Waals surface area contributed by atoms with Gasteiger partial charge < -0.3 is 4.42 Å². The first-order chi connectivity index (χ1) is 13.1. The second-order valence-corrected chi connectivity index (χ2v) is 5.98. The van der Waals surface area contributed by atoms with E-state index in [9.17, 15) is 14.4 Å². The largest absolute Gasteiger partial charge is 0.439 e. The highest BCUT2D eigenvalue weighted by Gasteiger charge is 2.29. The molecule has 2 aromatic carbocycles. The second-order valence-electron chi connectivity index (χ2n) is 5.98. The average Bonchev–Trinajstić information content (AvgIpc) is 3.26. The molecule has 0 unspecified atom stereocenters. The number of hydrogen-bond acceptors (Lipinski definition) is 5. The highest BCUT2D eigenvalue weighted by atomic mass is 19.1. The SMILES string of the molecule is Cc1c(C(=O)[C@H](C#N)c2nc3ccccc3o2)cnn1-c1ccc(F)cc1. The van der Waals surface area contributed by atoms with Gasteiger partial charge in [0, 0.05) is 0 Å². The van der Waals surface area contributed by atoms with Gasteiger partial charge in [-0.3, -0.25) is 4.79 Å². The molecule has 0 saturated carbocycles. The van der Waals surface area contributed by atoms with Gasteiger partial charge >= 0.3 is 0 Å². The molecule has 1 atom stereocenters. The molecule has 27 heavy (non-hydrogen) atoms. The first kappa shape index (κ1) is 16.7. The number of carbonyl (C=O) groups excluding carboxylic acids is 1. The molecule has 2 heterocycles. The fourth-order valence-electron chi connectivity index (χ4n) is 2.89. The van der Waals surface area contributed by atoms with Crippen LogP contribution < -0.4 is 0 Å². The Morgan fingerprint density at radius 1 is 1.22 bits per heavy atom.